The van der Waals surface area contributed by atoms with E-state index < -0.39 is 16.0 Å². The molecule has 0 saturated carbocycles. The van der Waals surface area contributed by atoms with E-state index in [1.165, 1.54) is 10.6 Å². The number of hydrogen-bond donors (Lipinski definition) is 0. The average molecular weight is 331 g/mol. The van der Waals surface area contributed by atoms with Crippen molar-refractivity contribution in [1.82, 2.24) is 0 Å². The fourth-order valence-corrected chi connectivity index (χ4v) is 3.61. The van der Waals surface area contributed by atoms with E-state index in [0.717, 1.165) is 11.1 Å². The van der Waals surface area contributed by atoms with Gasteiger partial charge in [-0.1, -0.05) is 30.3 Å². The number of ether oxygens (including phenoxy) is 1. The molecule has 0 aromatic heterocycles. The Morgan fingerprint density at radius 3 is 2.61 bits per heavy atom. The molecule has 120 valence electrons. The Kier molecular flexibility index (Phi) is 4.09. The van der Waals surface area contributed by atoms with Crippen LogP contribution in [0.5, 0.6) is 0 Å². The minimum absolute atomic E-state index is 0.215. The molecule has 0 N–H and O–H groups in total. The summed E-state index contributed by atoms with van der Waals surface area (Å²) in [4.78, 5) is 12.1. The monoisotopic (exact) mass is 331 g/mol. The maximum absolute atomic E-state index is 12.1. The standard InChI is InChI=1S/C17H17NO4S/c1-23(20,21)18-10-9-14-11-15(7-8-16(14)18)17(19)22-12-13-5-3-2-4-6-13/h2-8,11H,9-10,12H2,1H3. The molecule has 6 heteroatoms. The molecule has 0 saturated heterocycles. The van der Waals surface area contributed by atoms with Crippen molar-refractivity contribution in [3.05, 3.63) is 65.2 Å². The van der Waals surface area contributed by atoms with Crippen LogP contribution in [-0.2, 0) is 27.8 Å². The second-order valence-corrected chi connectivity index (χ2v) is 7.40. The van der Waals surface area contributed by atoms with Crippen LogP contribution in [0.4, 0.5) is 5.69 Å². The second-order valence-electron chi connectivity index (χ2n) is 5.49. The van der Waals surface area contributed by atoms with Crippen molar-refractivity contribution in [2.45, 2.75) is 13.0 Å². The lowest BCUT2D eigenvalue weighted by molar-refractivity contribution is 0.0472. The highest BCUT2D eigenvalue weighted by molar-refractivity contribution is 7.92. The molecule has 2 aromatic carbocycles. The molecular weight excluding hydrogens is 314 g/mol. The zero-order valence-electron chi connectivity index (χ0n) is 12.7. The zero-order chi connectivity index (χ0) is 16.4. The van der Waals surface area contributed by atoms with Gasteiger partial charge in [0, 0.05) is 6.54 Å². The Balaban J connectivity index is 1.74. The van der Waals surface area contributed by atoms with Crippen LogP contribution in [0.25, 0.3) is 0 Å². The molecule has 0 radical (unpaired) electrons. The van der Waals surface area contributed by atoms with Crippen LogP contribution >= 0.6 is 0 Å². The van der Waals surface area contributed by atoms with Crippen LogP contribution in [-0.4, -0.2) is 27.2 Å². The first-order valence-electron chi connectivity index (χ1n) is 7.27. The van der Waals surface area contributed by atoms with E-state index in [4.69, 9.17) is 4.74 Å². The average Bonchev–Trinajstić information content (AvgIpc) is 2.96. The van der Waals surface area contributed by atoms with Gasteiger partial charge in [-0.2, -0.15) is 0 Å². The normalized spacial score (nSPS) is 13.7. The van der Waals surface area contributed by atoms with E-state index in [2.05, 4.69) is 0 Å². The van der Waals surface area contributed by atoms with Crippen LogP contribution < -0.4 is 4.31 Å². The van der Waals surface area contributed by atoms with E-state index in [0.29, 0.717) is 24.2 Å². The van der Waals surface area contributed by atoms with Gasteiger partial charge in [0.1, 0.15) is 6.61 Å². The van der Waals surface area contributed by atoms with Crippen molar-refractivity contribution < 1.29 is 17.9 Å². The van der Waals surface area contributed by atoms with Gasteiger partial charge in [0.2, 0.25) is 10.0 Å². The van der Waals surface area contributed by atoms with E-state index in [9.17, 15) is 13.2 Å². The van der Waals surface area contributed by atoms with Crippen LogP contribution in [0, 0.1) is 0 Å². The third-order valence-electron chi connectivity index (χ3n) is 3.78. The number of sulfonamides is 1. The second kappa shape index (κ2) is 6.04. The highest BCUT2D eigenvalue weighted by atomic mass is 32.2. The lowest BCUT2D eigenvalue weighted by atomic mass is 10.1. The number of fused-ring (bicyclic) bond motifs is 1. The summed E-state index contributed by atoms with van der Waals surface area (Å²) in [6.45, 7) is 0.628. The fourth-order valence-electron chi connectivity index (χ4n) is 2.65. The molecule has 23 heavy (non-hydrogen) atoms. The van der Waals surface area contributed by atoms with Crippen LogP contribution in [0.3, 0.4) is 0 Å². The van der Waals surface area contributed by atoms with E-state index in [1.54, 1.807) is 18.2 Å². The summed E-state index contributed by atoms with van der Waals surface area (Å²) in [5, 5.41) is 0. The summed E-state index contributed by atoms with van der Waals surface area (Å²) in [5.74, 6) is -0.408. The third-order valence-corrected chi connectivity index (χ3v) is 4.96. The predicted molar refractivity (Wildman–Crippen MR) is 87.9 cm³/mol. The molecule has 0 bridgehead atoms. The van der Waals surface area contributed by atoms with Crippen LogP contribution in [0.2, 0.25) is 0 Å². The molecular formula is C17H17NO4S. The Labute approximate surface area is 135 Å². The zero-order valence-corrected chi connectivity index (χ0v) is 13.5. The molecule has 5 nitrogen and oxygen atoms in total. The highest BCUT2D eigenvalue weighted by Crippen LogP contribution is 2.30. The summed E-state index contributed by atoms with van der Waals surface area (Å²) in [6.07, 6.45) is 1.78. The van der Waals surface area contributed by atoms with Gasteiger partial charge in [0.05, 0.1) is 17.5 Å². The number of anilines is 1. The van der Waals surface area contributed by atoms with Gasteiger partial charge in [-0.05, 0) is 35.7 Å². The van der Waals surface area contributed by atoms with Gasteiger partial charge in [-0.25, -0.2) is 13.2 Å². The summed E-state index contributed by atoms with van der Waals surface area (Å²) in [7, 11) is -3.28. The Morgan fingerprint density at radius 2 is 1.91 bits per heavy atom. The van der Waals surface area contributed by atoms with Crippen molar-refractivity contribution in [1.29, 1.82) is 0 Å². The molecule has 0 atom stereocenters. The van der Waals surface area contributed by atoms with Crippen LogP contribution in [0.15, 0.2) is 48.5 Å². The third kappa shape index (κ3) is 3.37. The van der Waals surface area contributed by atoms with Gasteiger partial charge in [-0.3, -0.25) is 4.31 Å². The summed E-state index contributed by atoms with van der Waals surface area (Å²) in [5.41, 5.74) is 2.86. The molecule has 1 aliphatic heterocycles. The van der Waals surface area contributed by atoms with Gasteiger partial charge in [0.25, 0.3) is 0 Å². The first-order valence-corrected chi connectivity index (χ1v) is 9.12. The summed E-state index contributed by atoms with van der Waals surface area (Å²) >= 11 is 0. The summed E-state index contributed by atoms with van der Waals surface area (Å²) in [6, 6.07) is 14.4. The minimum atomic E-state index is -3.28. The van der Waals surface area contributed by atoms with E-state index in [1.807, 2.05) is 30.3 Å². The number of rotatable bonds is 4. The number of carbonyl (C=O) groups is 1. The maximum atomic E-state index is 12.1. The number of esters is 1. The molecule has 3 rings (SSSR count). The molecule has 1 heterocycles. The fraction of sp³-hybridized carbons (Fsp3) is 0.235. The van der Waals surface area contributed by atoms with E-state index in [-0.39, 0.29) is 6.61 Å². The predicted octanol–water partition coefficient (Wildman–Crippen LogP) is 2.37. The van der Waals surface area contributed by atoms with E-state index >= 15 is 0 Å². The topological polar surface area (TPSA) is 63.7 Å². The van der Waals surface area contributed by atoms with Crippen molar-refractivity contribution in [3.8, 4) is 0 Å². The first-order chi connectivity index (χ1) is 10.9. The number of carbonyl (C=O) groups excluding carboxylic acids is 1. The van der Waals surface area contributed by atoms with Crippen molar-refractivity contribution >= 4 is 21.7 Å². The first kappa shape index (κ1) is 15.6. The minimum Gasteiger partial charge on any atom is -0.457 e. The van der Waals surface area contributed by atoms with Gasteiger partial charge in [0.15, 0.2) is 0 Å². The Morgan fingerprint density at radius 1 is 1.17 bits per heavy atom. The summed E-state index contributed by atoms with van der Waals surface area (Å²) < 4.78 is 30.1. The van der Waals surface area contributed by atoms with Crippen molar-refractivity contribution in [2.75, 3.05) is 17.1 Å². The maximum Gasteiger partial charge on any atom is 0.338 e. The smallest absolute Gasteiger partial charge is 0.338 e. The van der Waals surface area contributed by atoms with Gasteiger partial charge >= 0.3 is 5.97 Å². The lowest BCUT2D eigenvalue weighted by Gasteiger charge is -2.16. The molecule has 1 aliphatic rings. The molecule has 0 amide bonds. The number of nitrogens with zero attached hydrogens (tertiary/aromatic N) is 1. The number of benzene rings is 2. The lowest BCUT2D eigenvalue weighted by Crippen LogP contribution is -2.27. The van der Waals surface area contributed by atoms with Crippen LogP contribution in [0.1, 0.15) is 21.5 Å². The molecule has 0 spiro atoms. The van der Waals surface area contributed by atoms with Gasteiger partial charge in [-0.15, -0.1) is 0 Å². The Hall–Kier alpha value is -2.34. The van der Waals surface area contributed by atoms with Crippen molar-refractivity contribution in [3.63, 3.8) is 0 Å². The molecule has 0 fully saturated rings. The van der Waals surface area contributed by atoms with Gasteiger partial charge < -0.3 is 4.74 Å². The largest absolute Gasteiger partial charge is 0.457 e. The quantitative estimate of drug-likeness (QED) is 0.807. The van der Waals surface area contributed by atoms with Crippen molar-refractivity contribution in [2.24, 2.45) is 0 Å². The molecule has 0 unspecified atom stereocenters. The highest BCUT2D eigenvalue weighted by Gasteiger charge is 2.26. The SMILES string of the molecule is CS(=O)(=O)N1CCc2cc(C(=O)OCc3ccccc3)ccc21. The number of hydrogen-bond acceptors (Lipinski definition) is 4. The molecule has 2 aromatic rings. The molecule has 0 aliphatic carbocycles. The Bertz CT molecular complexity index is 831.